The molecule has 1 aromatic heterocycles. The van der Waals surface area contributed by atoms with E-state index in [1.807, 2.05) is 63.2 Å². The largest absolute Gasteiger partial charge is 0.368 e. The summed E-state index contributed by atoms with van der Waals surface area (Å²) in [6.07, 6.45) is 0.554. The number of thioether (sulfide) groups is 1. The summed E-state index contributed by atoms with van der Waals surface area (Å²) >= 11 is 7.70. The normalized spacial score (nSPS) is 12.0. The molecule has 0 aliphatic heterocycles. The van der Waals surface area contributed by atoms with Gasteiger partial charge in [-0.3, -0.25) is 9.36 Å². The lowest BCUT2D eigenvalue weighted by molar-refractivity contribution is -0.119. The van der Waals surface area contributed by atoms with Crippen LogP contribution in [0, 0.1) is 13.8 Å². The Labute approximate surface area is 179 Å². The van der Waals surface area contributed by atoms with Crippen LogP contribution in [-0.4, -0.2) is 20.7 Å². The number of nitrogen functional groups attached to an aromatic ring is 1. The maximum atomic E-state index is 13.0. The van der Waals surface area contributed by atoms with Gasteiger partial charge >= 0.3 is 0 Å². The van der Waals surface area contributed by atoms with Crippen molar-refractivity contribution in [2.75, 3.05) is 11.1 Å². The number of amides is 1. The molecule has 3 N–H and O–H groups in total. The van der Waals surface area contributed by atoms with Crippen molar-refractivity contribution in [3.05, 3.63) is 64.2 Å². The van der Waals surface area contributed by atoms with Gasteiger partial charge in [-0.1, -0.05) is 66.2 Å². The van der Waals surface area contributed by atoms with Crippen LogP contribution >= 0.6 is 23.4 Å². The minimum atomic E-state index is -0.514. The number of carbonyl (C=O) groups excluding carboxylic acids is 1. The number of nitrogens with zero attached hydrogens (tertiary/aromatic N) is 3. The average Bonchev–Trinajstić information content (AvgIpc) is 3.05. The van der Waals surface area contributed by atoms with E-state index in [0.29, 0.717) is 22.4 Å². The Kier molecular flexibility index (Phi) is 6.82. The van der Waals surface area contributed by atoms with Gasteiger partial charge in [0.05, 0.1) is 0 Å². The van der Waals surface area contributed by atoms with Crippen LogP contribution < -0.4 is 11.1 Å². The van der Waals surface area contributed by atoms with Crippen LogP contribution in [0.4, 0.5) is 11.6 Å². The zero-order valence-electron chi connectivity index (χ0n) is 16.6. The van der Waals surface area contributed by atoms with Gasteiger partial charge in [-0.2, -0.15) is 0 Å². The van der Waals surface area contributed by atoms with E-state index >= 15 is 0 Å². The van der Waals surface area contributed by atoms with Gasteiger partial charge < -0.3 is 11.1 Å². The topological polar surface area (TPSA) is 85.8 Å². The fourth-order valence-electron chi connectivity index (χ4n) is 3.09. The van der Waals surface area contributed by atoms with E-state index in [9.17, 15) is 4.79 Å². The SMILES string of the molecule is CCC(C(=O)Nc1ccc(C)cc1C)n1c(N)nnc1SCc1ccccc1Cl. The van der Waals surface area contributed by atoms with Crippen molar-refractivity contribution in [2.45, 2.75) is 44.1 Å². The summed E-state index contributed by atoms with van der Waals surface area (Å²) in [6, 6.07) is 13.0. The lowest BCUT2D eigenvalue weighted by Crippen LogP contribution is -2.27. The zero-order chi connectivity index (χ0) is 21.0. The Morgan fingerprint density at radius 2 is 2.00 bits per heavy atom. The summed E-state index contributed by atoms with van der Waals surface area (Å²) in [7, 11) is 0. The van der Waals surface area contributed by atoms with E-state index < -0.39 is 6.04 Å². The maximum absolute atomic E-state index is 13.0. The molecule has 1 unspecified atom stereocenters. The van der Waals surface area contributed by atoms with Crippen molar-refractivity contribution < 1.29 is 4.79 Å². The first-order valence-corrected chi connectivity index (χ1v) is 10.7. The van der Waals surface area contributed by atoms with E-state index in [1.165, 1.54) is 11.8 Å². The van der Waals surface area contributed by atoms with E-state index in [-0.39, 0.29) is 11.9 Å². The van der Waals surface area contributed by atoms with Crippen molar-refractivity contribution in [3.63, 3.8) is 0 Å². The quantitative estimate of drug-likeness (QED) is 0.515. The summed E-state index contributed by atoms with van der Waals surface area (Å²) in [5, 5.41) is 12.5. The Morgan fingerprint density at radius 3 is 2.69 bits per heavy atom. The minimum Gasteiger partial charge on any atom is -0.368 e. The number of rotatable bonds is 7. The number of carbonyl (C=O) groups is 1. The molecule has 152 valence electrons. The summed E-state index contributed by atoms with van der Waals surface area (Å²) in [5.74, 6) is 0.673. The summed E-state index contributed by atoms with van der Waals surface area (Å²) in [4.78, 5) is 13.0. The van der Waals surface area contributed by atoms with E-state index in [1.54, 1.807) is 4.57 Å². The highest BCUT2D eigenvalue weighted by atomic mass is 35.5. The molecule has 0 fully saturated rings. The lowest BCUT2D eigenvalue weighted by atomic mass is 10.1. The van der Waals surface area contributed by atoms with Gasteiger partial charge in [0, 0.05) is 16.5 Å². The van der Waals surface area contributed by atoms with Crippen LogP contribution in [0.3, 0.4) is 0 Å². The fraction of sp³-hybridized carbons (Fsp3) is 0.286. The molecule has 0 saturated carbocycles. The smallest absolute Gasteiger partial charge is 0.247 e. The molecule has 1 heterocycles. The van der Waals surface area contributed by atoms with E-state index in [4.69, 9.17) is 17.3 Å². The van der Waals surface area contributed by atoms with Gasteiger partial charge in [0.15, 0.2) is 5.16 Å². The number of hydrogen-bond acceptors (Lipinski definition) is 5. The van der Waals surface area contributed by atoms with Crippen molar-refractivity contribution in [3.8, 4) is 0 Å². The van der Waals surface area contributed by atoms with E-state index in [0.717, 1.165) is 22.4 Å². The number of anilines is 2. The Balaban J connectivity index is 1.81. The van der Waals surface area contributed by atoms with Gasteiger partial charge in [-0.25, -0.2) is 0 Å². The molecule has 3 aromatic rings. The average molecular weight is 430 g/mol. The number of nitrogens with two attached hydrogens (primary N) is 1. The molecule has 0 radical (unpaired) electrons. The highest BCUT2D eigenvalue weighted by Gasteiger charge is 2.25. The second kappa shape index (κ2) is 9.33. The Bertz CT molecular complexity index is 1020. The molecule has 1 atom stereocenters. The van der Waals surface area contributed by atoms with Crippen molar-refractivity contribution >= 4 is 40.9 Å². The third-order valence-corrected chi connectivity index (χ3v) is 6.01. The number of nitrogens with one attached hydrogen (secondary N) is 1. The number of hydrogen-bond donors (Lipinski definition) is 2. The van der Waals surface area contributed by atoms with Crippen LogP contribution in [0.15, 0.2) is 47.6 Å². The number of aromatic nitrogens is 3. The predicted octanol–water partition coefficient (Wildman–Crippen LogP) is 5.01. The van der Waals surface area contributed by atoms with Crippen molar-refractivity contribution in [2.24, 2.45) is 0 Å². The summed E-state index contributed by atoms with van der Waals surface area (Å²) in [5.41, 5.74) is 10.0. The summed E-state index contributed by atoms with van der Waals surface area (Å²) in [6.45, 7) is 5.93. The Morgan fingerprint density at radius 1 is 1.24 bits per heavy atom. The van der Waals surface area contributed by atoms with Gasteiger partial charge in [0.1, 0.15) is 6.04 Å². The van der Waals surface area contributed by atoms with Gasteiger partial charge in [-0.15, -0.1) is 10.2 Å². The molecule has 8 heteroatoms. The van der Waals surface area contributed by atoms with Crippen LogP contribution in [0.5, 0.6) is 0 Å². The fourth-order valence-corrected chi connectivity index (χ4v) is 4.37. The molecule has 0 bridgehead atoms. The first kappa shape index (κ1) is 21.2. The van der Waals surface area contributed by atoms with Crippen LogP contribution in [0.2, 0.25) is 5.02 Å². The van der Waals surface area contributed by atoms with Crippen LogP contribution in [0.25, 0.3) is 0 Å². The molecule has 0 aliphatic carbocycles. The Hall–Kier alpha value is -2.51. The number of benzene rings is 2. The molecule has 0 saturated heterocycles. The number of aryl methyl sites for hydroxylation is 2. The monoisotopic (exact) mass is 429 g/mol. The highest BCUT2D eigenvalue weighted by Crippen LogP contribution is 2.30. The van der Waals surface area contributed by atoms with E-state index in [2.05, 4.69) is 15.5 Å². The standard InChI is InChI=1S/C21H24ClN5OS/c1-4-18(19(28)24-17-10-9-13(2)11-14(17)3)27-20(23)25-26-21(27)29-12-15-7-5-6-8-16(15)22/h5-11,18H,4,12H2,1-3H3,(H2,23,25)(H,24,28). The van der Waals surface area contributed by atoms with Gasteiger partial charge in [0.2, 0.25) is 11.9 Å². The lowest BCUT2D eigenvalue weighted by Gasteiger charge is -2.20. The molecular formula is C21H24ClN5OS. The first-order chi connectivity index (χ1) is 13.9. The molecule has 6 nitrogen and oxygen atoms in total. The van der Waals surface area contributed by atoms with Crippen molar-refractivity contribution in [1.29, 1.82) is 0 Å². The highest BCUT2D eigenvalue weighted by molar-refractivity contribution is 7.98. The van der Waals surface area contributed by atoms with Crippen LogP contribution in [0.1, 0.15) is 36.1 Å². The first-order valence-electron chi connectivity index (χ1n) is 9.35. The third-order valence-electron chi connectivity index (χ3n) is 4.65. The molecule has 2 aromatic carbocycles. The maximum Gasteiger partial charge on any atom is 0.247 e. The third kappa shape index (κ3) is 4.92. The van der Waals surface area contributed by atoms with Crippen molar-refractivity contribution in [1.82, 2.24) is 14.8 Å². The predicted molar refractivity (Wildman–Crippen MR) is 119 cm³/mol. The van der Waals surface area contributed by atoms with Gasteiger partial charge in [-0.05, 0) is 43.5 Å². The molecule has 0 spiro atoms. The molecule has 1 amide bonds. The molecule has 0 aliphatic rings. The molecule has 29 heavy (non-hydrogen) atoms. The minimum absolute atomic E-state index is 0.148. The van der Waals surface area contributed by atoms with Gasteiger partial charge in [0.25, 0.3) is 0 Å². The number of halogens is 1. The van der Waals surface area contributed by atoms with Crippen LogP contribution in [-0.2, 0) is 10.5 Å². The second-order valence-electron chi connectivity index (χ2n) is 6.82. The molecular weight excluding hydrogens is 406 g/mol. The molecule has 3 rings (SSSR count). The summed E-state index contributed by atoms with van der Waals surface area (Å²) < 4.78 is 1.69. The second-order valence-corrected chi connectivity index (χ2v) is 8.17. The zero-order valence-corrected chi connectivity index (χ0v) is 18.2.